The third-order valence-corrected chi connectivity index (χ3v) is 8.38. The smallest absolute Gasteiger partial charge is 0.255 e. The lowest BCUT2D eigenvalue weighted by molar-refractivity contribution is 0.0121. The van der Waals surface area contributed by atoms with Crippen molar-refractivity contribution < 1.29 is 28.2 Å². The van der Waals surface area contributed by atoms with Gasteiger partial charge in [-0.2, -0.15) is 0 Å². The summed E-state index contributed by atoms with van der Waals surface area (Å²) in [4.78, 5) is 17.1. The van der Waals surface area contributed by atoms with Crippen LogP contribution >= 0.6 is 0 Å². The van der Waals surface area contributed by atoms with Gasteiger partial charge in [-0.25, -0.2) is 8.78 Å². The second kappa shape index (κ2) is 12.5. The van der Waals surface area contributed by atoms with Crippen molar-refractivity contribution in [1.29, 1.82) is 0 Å². The number of phenolic OH excluding ortho intramolecular Hbond substituents is 1. The van der Waals surface area contributed by atoms with Crippen molar-refractivity contribution >= 4 is 23.0 Å². The molecule has 0 spiro atoms. The van der Waals surface area contributed by atoms with Crippen LogP contribution in [-0.2, 0) is 10.3 Å². The van der Waals surface area contributed by atoms with Crippen molar-refractivity contribution in [3.8, 4) is 11.5 Å². The molecule has 0 radical (unpaired) electrons. The maximum absolute atomic E-state index is 14.4. The number of amides is 1. The van der Waals surface area contributed by atoms with Crippen LogP contribution in [0.3, 0.4) is 0 Å². The van der Waals surface area contributed by atoms with Gasteiger partial charge in [0.2, 0.25) is 0 Å². The molecule has 0 aliphatic carbocycles. The summed E-state index contributed by atoms with van der Waals surface area (Å²) in [7, 11) is 0. The fourth-order valence-electron chi connectivity index (χ4n) is 5.98. The third-order valence-electron chi connectivity index (χ3n) is 8.38. The molecule has 4 aromatic rings. The van der Waals surface area contributed by atoms with Gasteiger partial charge in [0.05, 0.1) is 18.8 Å². The van der Waals surface area contributed by atoms with E-state index in [4.69, 9.17) is 9.47 Å². The van der Waals surface area contributed by atoms with E-state index in [1.54, 1.807) is 12.1 Å². The highest BCUT2D eigenvalue weighted by Gasteiger charge is 2.40. The number of piperazine rings is 1. The lowest BCUT2D eigenvalue weighted by Crippen LogP contribution is -2.46. The number of rotatable bonds is 8. The van der Waals surface area contributed by atoms with E-state index < -0.39 is 17.2 Å². The van der Waals surface area contributed by atoms with Crippen molar-refractivity contribution in [3.05, 3.63) is 114 Å². The molecule has 2 heterocycles. The van der Waals surface area contributed by atoms with Crippen LogP contribution in [0.5, 0.6) is 11.5 Å². The maximum Gasteiger partial charge on any atom is 0.255 e. The molecular weight excluding hydrogens is 564 g/mol. The Balaban J connectivity index is 0.964. The lowest BCUT2D eigenvalue weighted by atomic mass is 9.89. The number of ether oxygens (including phenoxy) is 2. The SMILES string of the molecule is C[C@]1(c2ccc(F)cc2F)C[C@H](COc2ccc(N3CCN(c4ccc(NC(=O)c5cccc(O)c5)cc4)CC3)cc2)CO1. The normalized spacial score (nSPS) is 20.0. The molecule has 1 amide bonds. The first-order chi connectivity index (χ1) is 21.3. The van der Waals surface area contributed by atoms with Crippen LogP contribution in [0.1, 0.15) is 29.3 Å². The first-order valence-corrected chi connectivity index (χ1v) is 14.8. The topological polar surface area (TPSA) is 74.3 Å². The predicted molar refractivity (Wildman–Crippen MR) is 167 cm³/mol. The molecule has 7 nitrogen and oxygen atoms in total. The summed E-state index contributed by atoms with van der Waals surface area (Å²) in [6.45, 7) is 6.21. The van der Waals surface area contributed by atoms with Crippen LogP contribution in [0, 0.1) is 17.6 Å². The lowest BCUT2D eigenvalue weighted by Gasteiger charge is -2.37. The number of hydrogen-bond donors (Lipinski definition) is 2. The monoisotopic (exact) mass is 599 g/mol. The van der Waals surface area contributed by atoms with Crippen LogP contribution < -0.4 is 19.9 Å². The second-order valence-electron chi connectivity index (χ2n) is 11.6. The van der Waals surface area contributed by atoms with E-state index in [1.165, 1.54) is 24.3 Å². The summed E-state index contributed by atoms with van der Waals surface area (Å²) >= 11 is 0. The number of aromatic hydroxyl groups is 1. The second-order valence-corrected chi connectivity index (χ2v) is 11.6. The number of nitrogens with zero attached hydrogens (tertiary/aromatic N) is 2. The van der Waals surface area contributed by atoms with E-state index in [1.807, 2.05) is 43.3 Å². The van der Waals surface area contributed by atoms with E-state index in [0.29, 0.717) is 36.4 Å². The number of carbonyl (C=O) groups excluding carboxylic acids is 1. The molecule has 44 heavy (non-hydrogen) atoms. The van der Waals surface area contributed by atoms with Gasteiger partial charge in [0, 0.05) is 66.4 Å². The minimum atomic E-state index is -0.802. The Bertz CT molecular complexity index is 1610. The van der Waals surface area contributed by atoms with E-state index in [2.05, 4.69) is 27.2 Å². The zero-order valence-electron chi connectivity index (χ0n) is 24.5. The molecule has 0 unspecified atom stereocenters. The van der Waals surface area contributed by atoms with Crippen molar-refractivity contribution in [3.63, 3.8) is 0 Å². The van der Waals surface area contributed by atoms with Gasteiger partial charge in [-0.05, 0) is 86.1 Å². The Morgan fingerprint density at radius 2 is 1.59 bits per heavy atom. The average molecular weight is 600 g/mol. The van der Waals surface area contributed by atoms with E-state index in [-0.39, 0.29) is 17.6 Å². The largest absolute Gasteiger partial charge is 0.508 e. The number of anilines is 3. The number of carbonyl (C=O) groups is 1. The van der Waals surface area contributed by atoms with Gasteiger partial charge < -0.3 is 29.7 Å². The number of benzene rings is 4. The Hall–Kier alpha value is -4.63. The molecule has 2 aliphatic heterocycles. The van der Waals surface area contributed by atoms with Crippen molar-refractivity contribution in [1.82, 2.24) is 0 Å². The Kier molecular flexibility index (Phi) is 8.39. The van der Waals surface area contributed by atoms with Crippen LogP contribution in [0.2, 0.25) is 0 Å². The molecule has 2 aliphatic rings. The molecule has 228 valence electrons. The predicted octanol–water partition coefficient (Wildman–Crippen LogP) is 6.58. The summed E-state index contributed by atoms with van der Waals surface area (Å²) in [5.41, 5.74) is 2.89. The highest BCUT2D eigenvalue weighted by Crippen LogP contribution is 2.40. The van der Waals surface area contributed by atoms with Crippen LogP contribution in [0.25, 0.3) is 0 Å². The molecule has 0 bridgehead atoms. The fourth-order valence-corrected chi connectivity index (χ4v) is 5.98. The number of hydrogen-bond acceptors (Lipinski definition) is 6. The number of nitrogens with one attached hydrogen (secondary N) is 1. The van der Waals surface area contributed by atoms with Crippen molar-refractivity contribution in [2.24, 2.45) is 5.92 Å². The molecule has 9 heteroatoms. The van der Waals surface area contributed by atoms with Gasteiger partial charge in [0.1, 0.15) is 23.1 Å². The molecule has 2 N–H and O–H groups in total. The summed E-state index contributed by atoms with van der Waals surface area (Å²) < 4.78 is 39.7. The minimum absolute atomic E-state index is 0.0547. The summed E-state index contributed by atoms with van der Waals surface area (Å²) in [5.74, 6) is -0.534. The highest BCUT2D eigenvalue weighted by molar-refractivity contribution is 6.04. The summed E-state index contributed by atoms with van der Waals surface area (Å²) in [6.07, 6.45) is 0.592. The van der Waals surface area contributed by atoms with Crippen LogP contribution in [-0.4, -0.2) is 50.4 Å². The number of phenols is 1. The molecule has 0 saturated carbocycles. The van der Waals surface area contributed by atoms with Gasteiger partial charge in [-0.15, -0.1) is 0 Å². The van der Waals surface area contributed by atoms with Gasteiger partial charge in [-0.3, -0.25) is 4.79 Å². The molecule has 2 atom stereocenters. The Morgan fingerprint density at radius 1 is 0.932 bits per heavy atom. The molecule has 6 rings (SSSR count). The number of halogens is 2. The average Bonchev–Trinajstić information content (AvgIpc) is 3.42. The van der Waals surface area contributed by atoms with Crippen LogP contribution in [0.15, 0.2) is 91.0 Å². The van der Waals surface area contributed by atoms with Crippen molar-refractivity contribution in [2.45, 2.75) is 18.9 Å². The zero-order chi connectivity index (χ0) is 30.7. The molecule has 0 aromatic heterocycles. The zero-order valence-corrected chi connectivity index (χ0v) is 24.5. The highest BCUT2D eigenvalue weighted by atomic mass is 19.1. The quantitative estimate of drug-likeness (QED) is 0.238. The van der Waals surface area contributed by atoms with Crippen LogP contribution in [0.4, 0.5) is 25.8 Å². The van der Waals surface area contributed by atoms with E-state index in [0.717, 1.165) is 49.4 Å². The summed E-state index contributed by atoms with van der Waals surface area (Å²) in [5, 5.41) is 12.5. The fraction of sp³-hybridized carbons (Fsp3) is 0.286. The van der Waals surface area contributed by atoms with E-state index >= 15 is 0 Å². The minimum Gasteiger partial charge on any atom is -0.508 e. The van der Waals surface area contributed by atoms with Gasteiger partial charge in [0.25, 0.3) is 5.91 Å². The Labute approximate surface area is 255 Å². The molecule has 2 saturated heterocycles. The molecular formula is C35H35F2N3O4. The summed E-state index contributed by atoms with van der Waals surface area (Å²) in [6, 6.07) is 25.8. The maximum atomic E-state index is 14.4. The molecule has 2 fully saturated rings. The first kappa shape index (κ1) is 29.4. The van der Waals surface area contributed by atoms with Gasteiger partial charge in [-0.1, -0.05) is 12.1 Å². The van der Waals surface area contributed by atoms with Gasteiger partial charge >= 0.3 is 0 Å². The standard InChI is InChI=1S/C35H35F2N3O4/c1-35(32-14-5-26(36)20-33(32)37)21-24(23-44-35)22-43-31-12-10-29(11-13-31)40-17-15-39(16-18-40)28-8-6-27(7-9-28)38-34(42)25-3-2-4-30(41)19-25/h2-14,19-20,24,41H,15-18,21-23H2,1H3,(H,38,42)/t24-,35-/m1/s1. The third kappa shape index (κ3) is 6.63. The first-order valence-electron chi connectivity index (χ1n) is 14.8. The van der Waals surface area contributed by atoms with Gasteiger partial charge in [0.15, 0.2) is 0 Å². The Morgan fingerprint density at radius 3 is 2.23 bits per heavy atom. The molecule has 4 aromatic carbocycles. The van der Waals surface area contributed by atoms with Crippen molar-refractivity contribution in [2.75, 3.05) is 54.5 Å². The van der Waals surface area contributed by atoms with E-state index in [9.17, 15) is 18.7 Å².